The van der Waals surface area contributed by atoms with E-state index in [4.69, 9.17) is 5.11 Å². The normalized spacial score (nSPS) is 14.9. The number of aliphatic carboxylic acids is 1. The van der Waals surface area contributed by atoms with Crippen LogP contribution in [0.2, 0.25) is 0 Å². The molecule has 0 atom stereocenters. The van der Waals surface area contributed by atoms with E-state index >= 15 is 0 Å². The Bertz CT molecular complexity index is 622. The molecule has 0 saturated heterocycles. The molecule has 1 N–H and O–H groups in total. The van der Waals surface area contributed by atoms with Crippen LogP contribution in [0.4, 0.5) is 0 Å². The Kier molecular flexibility index (Phi) is 4.01. The number of rotatable bonds is 5. The molecule has 0 saturated carbocycles. The molecule has 0 radical (unpaired) electrons. The van der Waals surface area contributed by atoms with E-state index in [1.165, 1.54) is 11.3 Å². The summed E-state index contributed by atoms with van der Waals surface area (Å²) in [7, 11) is 0. The smallest absolute Gasteiger partial charge is 0.303 e. The maximum Gasteiger partial charge on any atom is 0.303 e. The molecule has 0 bridgehead atoms. The number of nitrogens with zero attached hydrogens (tertiary/aromatic N) is 3. The third kappa shape index (κ3) is 3.13. The Morgan fingerprint density at radius 2 is 2.10 bits per heavy atom. The number of carboxylic acids is 1. The summed E-state index contributed by atoms with van der Waals surface area (Å²) in [6, 6.07) is 10.2. The van der Waals surface area contributed by atoms with Crippen molar-refractivity contribution in [1.82, 2.24) is 14.7 Å². The number of carbonyl (C=O) groups is 1. The highest BCUT2D eigenvalue weighted by Gasteiger charge is 2.20. The molecular weight excluding hydrogens is 266 g/mol. The zero-order chi connectivity index (χ0) is 14.7. The molecule has 5 heteroatoms. The first kappa shape index (κ1) is 13.8. The molecular formula is C16H19N3O2. The van der Waals surface area contributed by atoms with Gasteiger partial charge in [-0.3, -0.25) is 9.69 Å². The summed E-state index contributed by atoms with van der Waals surface area (Å²) >= 11 is 0. The van der Waals surface area contributed by atoms with Gasteiger partial charge >= 0.3 is 5.97 Å². The largest absolute Gasteiger partial charge is 0.481 e. The third-order valence-electron chi connectivity index (χ3n) is 3.88. The minimum Gasteiger partial charge on any atom is -0.481 e. The Morgan fingerprint density at radius 3 is 2.86 bits per heavy atom. The van der Waals surface area contributed by atoms with Crippen molar-refractivity contribution in [3.63, 3.8) is 0 Å². The fourth-order valence-electron chi connectivity index (χ4n) is 2.83. The molecule has 21 heavy (non-hydrogen) atoms. The van der Waals surface area contributed by atoms with Crippen LogP contribution in [0.3, 0.4) is 0 Å². The number of carboxylic acid groups (broad SMARTS) is 1. The number of hydrogen-bond donors (Lipinski definition) is 1. The van der Waals surface area contributed by atoms with E-state index in [1.54, 1.807) is 0 Å². The van der Waals surface area contributed by atoms with Gasteiger partial charge in [0.05, 0.1) is 11.9 Å². The molecule has 2 heterocycles. The molecule has 0 aliphatic carbocycles. The fraction of sp³-hybridized carbons (Fsp3) is 0.375. The summed E-state index contributed by atoms with van der Waals surface area (Å²) in [5, 5.41) is 13.2. The standard InChI is InChI=1S/C16H19N3O2/c20-16(21)7-4-9-18-10-8-15-13(12-18)11-17-19(15)14-5-2-1-3-6-14/h1-3,5-6,11H,4,7-10,12H2,(H,20,21). The van der Waals surface area contributed by atoms with Crippen molar-refractivity contribution in [1.29, 1.82) is 0 Å². The number of fused-ring (bicyclic) bond motifs is 1. The topological polar surface area (TPSA) is 58.4 Å². The van der Waals surface area contributed by atoms with Crippen LogP contribution in [0, 0.1) is 0 Å². The van der Waals surface area contributed by atoms with Crippen molar-refractivity contribution in [3.05, 3.63) is 47.8 Å². The Balaban J connectivity index is 1.68. The first-order valence-corrected chi connectivity index (χ1v) is 7.29. The second kappa shape index (κ2) is 6.10. The highest BCUT2D eigenvalue weighted by atomic mass is 16.4. The predicted molar refractivity (Wildman–Crippen MR) is 79.4 cm³/mol. The van der Waals surface area contributed by atoms with Crippen LogP contribution in [-0.4, -0.2) is 38.8 Å². The van der Waals surface area contributed by atoms with Gasteiger partial charge < -0.3 is 5.11 Å². The first-order chi connectivity index (χ1) is 10.2. The molecule has 0 amide bonds. The van der Waals surface area contributed by atoms with Gasteiger partial charge in [-0.1, -0.05) is 18.2 Å². The number of para-hydroxylation sites is 1. The van der Waals surface area contributed by atoms with Crippen molar-refractivity contribution >= 4 is 5.97 Å². The lowest BCUT2D eigenvalue weighted by Crippen LogP contribution is -2.32. The van der Waals surface area contributed by atoms with Crippen molar-refractivity contribution in [2.24, 2.45) is 0 Å². The second-order valence-corrected chi connectivity index (χ2v) is 5.39. The Morgan fingerprint density at radius 1 is 1.29 bits per heavy atom. The minimum atomic E-state index is -0.718. The van der Waals surface area contributed by atoms with Gasteiger partial charge in [0.2, 0.25) is 0 Å². The van der Waals surface area contributed by atoms with E-state index in [0.29, 0.717) is 6.42 Å². The lowest BCUT2D eigenvalue weighted by molar-refractivity contribution is -0.137. The van der Waals surface area contributed by atoms with E-state index in [9.17, 15) is 4.79 Å². The van der Waals surface area contributed by atoms with Crippen molar-refractivity contribution < 1.29 is 9.90 Å². The SMILES string of the molecule is O=C(O)CCCN1CCc2c(cnn2-c2ccccc2)C1. The molecule has 1 aliphatic rings. The average Bonchev–Trinajstić information content (AvgIpc) is 2.91. The van der Waals surface area contributed by atoms with E-state index in [0.717, 1.165) is 31.7 Å². The Hall–Kier alpha value is -2.14. The van der Waals surface area contributed by atoms with E-state index in [2.05, 4.69) is 22.1 Å². The molecule has 1 aromatic carbocycles. The summed E-state index contributed by atoms with van der Waals surface area (Å²) in [6.07, 6.45) is 3.84. The molecule has 0 unspecified atom stereocenters. The van der Waals surface area contributed by atoms with Gasteiger partial charge in [0.15, 0.2) is 0 Å². The molecule has 2 aromatic rings. The monoisotopic (exact) mass is 285 g/mol. The number of benzene rings is 1. The minimum absolute atomic E-state index is 0.243. The van der Waals surface area contributed by atoms with Crippen LogP contribution in [0.15, 0.2) is 36.5 Å². The van der Waals surface area contributed by atoms with Gasteiger partial charge in [0.25, 0.3) is 0 Å². The predicted octanol–water partition coefficient (Wildman–Crippen LogP) is 2.10. The maximum atomic E-state index is 10.6. The zero-order valence-corrected chi connectivity index (χ0v) is 11.9. The van der Waals surface area contributed by atoms with Crippen LogP contribution in [0.25, 0.3) is 5.69 Å². The first-order valence-electron chi connectivity index (χ1n) is 7.29. The number of aromatic nitrogens is 2. The molecule has 3 rings (SSSR count). The van der Waals surface area contributed by atoms with Crippen molar-refractivity contribution in [3.8, 4) is 5.69 Å². The third-order valence-corrected chi connectivity index (χ3v) is 3.88. The molecule has 5 nitrogen and oxygen atoms in total. The molecule has 0 fully saturated rings. The van der Waals surface area contributed by atoms with Crippen molar-refractivity contribution in [2.75, 3.05) is 13.1 Å². The molecule has 1 aliphatic heterocycles. The summed E-state index contributed by atoms with van der Waals surface area (Å²) in [5.41, 5.74) is 3.62. The quantitative estimate of drug-likeness (QED) is 0.914. The average molecular weight is 285 g/mol. The van der Waals surface area contributed by atoms with Crippen LogP contribution in [0.1, 0.15) is 24.1 Å². The highest BCUT2D eigenvalue weighted by Crippen LogP contribution is 2.21. The Labute approximate surface area is 123 Å². The van der Waals surface area contributed by atoms with E-state index in [1.807, 2.05) is 29.1 Å². The van der Waals surface area contributed by atoms with Crippen molar-refractivity contribution in [2.45, 2.75) is 25.8 Å². The van der Waals surface area contributed by atoms with Gasteiger partial charge in [-0.15, -0.1) is 0 Å². The van der Waals surface area contributed by atoms with Gasteiger partial charge in [-0.2, -0.15) is 5.10 Å². The van der Waals surface area contributed by atoms with Crippen LogP contribution >= 0.6 is 0 Å². The van der Waals surface area contributed by atoms with E-state index in [-0.39, 0.29) is 6.42 Å². The van der Waals surface area contributed by atoms with E-state index < -0.39 is 5.97 Å². The molecule has 1 aromatic heterocycles. The number of hydrogen-bond acceptors (Lipinski definition) is 3. The lowest BCUT2D eigenvalue weighted by Gasteiger charge is -2.27. The summed E-state index contributed by atoms with van der Waals surface area (Å²) in [4.78, 5) is 12.9. The fourth-order valence-corrected chi connectivity index (χ4v) is 2.83. The van der Waals surface area contributed by atoms with Gasteiger partial charge in [0, 0.05) is 37.2 Å². The lowest BCUT2D eigenvalue weighted by atomic mass is 10.1. The summed E-state index contributed by atoms with van der Waals surface area (Å²) < 4.78 is 2.02. The van der Waals surface area contributed by atoms with Gasteiger partial charge in [0.1, 0.15) is 0 Å². The zero-order valence-electron chi connectivity index (χ0n) is 11.9. The van der Waals surface area contributed by atoms with Crippen LogP contribution in [-0.2, 0) is 17.8 Å². The second-order valence-electron chi connectivity index (χ2n) is 5.39. The summed E-state index contributed by atoms with van der Waals surface area (Å²) in [5.74, 6) is -0.718. The van der Waals surface area contributed by atoms with Crippen LogP contribution in [0.5, 0.6) is 0 Å². The van der Waals surface area contributed by atoms with Crippen LogP contribution < -0.4 is 0 Å². The van der Waals surface area contributed by atoms with Gasteiger partial charge in [-0.05, 0) is 25.1 Å². The van der Waals surface area contributed by atoms with Gasteiger partial charge in [-0.25, -0.2) is 4.68 Å². The summed E-state index contributed by atoms with van der Waals surface area (Å²) in [6.45, 7) is 2.66. The molecule has 110 valence electrons. The maximum absolute atomic E-state index is 10.6. The molecule has 0 spiro atoms. The highest BCUT2D eigenvalue weighted by molar-refractivity contribution is 5.66.